The highest BCUT2D eigenvalue weighted by atomic mass is 32.2. The van der Waals surface area contributed by atoms with E-state index < -0.39 is 0 Å². The van der Waals surface area contributed by atoms with E-state index in [0.717, 1.165) is 20.8 Å². The summed E-state index contributed by atoms with van der Waals surface area (Å²) in [5.41, 5.74) is 2.24. The molecule has 0 amide bonds. The van der Waals surface area contributed by atoms with Gasteiger partial charge in [0.05, 0.1) is 4.92 Å². The maximum Gasteiger partial charge on any atom is 0.269 e. The molecule has 2 heterocycles. The second kappa shape index (κ2) is 6.25. The van der Waals surface area contributed by atoms with Gasteiger partial charge < -0.3 is 0 Å². The maximum atomic E-state index is 10.9. The highest BCUT2D eigenvalue weighted by Gasteiger charge is 2.17. The Kier molecular flexibility index (Phi) is 4.32. The van der Waals surface area contributed by atoms with Gasteiger partial charge in [0.1, 0.15) is 16.2 Å². The van der Waals surface area contributed by atoms with E-state index in [1.807, 2.05) is 13.0 Å². The Morgan fingerprint density at radius 1 is 1.30 bits per heavy atom. The molecule has 0 fully saturated rings. The summed E-state index contributed by atoms with van der Waals surface area (Å²) in [7, 11) is 0. The normalized spacial score (nSPS) is 12.5. The third-order valence-corrected chi connectivity index (χ3v) is 6.04. The molecule has 0 aliphatic heterocycles. The number of aryl methyl sites for hydroxylation is 2. The number of hydrogen-bond donors (Lipinski definition) is 0. The summed E-state index contributed by atoms with van der Waals surface area (Å²) in [4.78, 5) is 21.6. The van der Waals surface area contributed by atoms with Crippen LogP contribution in [0.1, 0.15) is 28.2 Å². The third-order valence-electron chi connectivity index (χ3n) is 3.77. The van der Waals surface area contributed by atoms with Crippen molar-refractivity contribution in [2.45, 2.75) is 31.0 Å². The molecule has 0 spiro atoms. The zero-order valence-electron chi connectivity index (χ0n) is 12.9. The van der Waals surface area contributed by atoms with Crippen molar-refractivity contribution in [1.82, 2.24) is 9.97 Å². The Balaban J connectivity index is 1.96. The average Bonchev–Trinajstić information content (AvgIpc) is 2.83. The van der Waals surface area contributed by atoms with E-state index in [0.29, 0.717) is 0 Å². The van der Waals surface area contributed by atoms with Crippen molar-refractivity contribution in [2.24, 2.45) is 0 Å². The van der Waals surface area contributed by atoms with Gasteiger partial charge in [-0.1, -0.05) is 23.9 Å². The Bertz CT molecular complexity index is 892. The number of fused-ring (bicyclic) bond motifs is 1. The fraction of sp³-hybridized carbons (Fsp3) is 0.250. The topological polar surface area (TPSA) is 68.9 Å². The lowest BCUT2D eigenvalue weighted by Gasteiger charge is -2.11. The molecular formula is C16H15N3O2S2. The van der Waals surface area contributed by atoms with E-state index >= 15 is 0 Å². The lowest BCUT2D eigenvalue weighted by molar-refractivity contribution is -0.384. The van der Waals surface area contributed by atoms with E-state index in [1.165, 1.54) is 16.5 Å². The number of benzene rings is 1. The Morgan fingerprint density at radius 2 is 2.09 bits per heavy atom. The molecule has 0 saturated carbocycles. The smallest absolute Gasteiger partial charge is 0.258 e. The lowest BCUT2D eigenvalue weighted by Crippen LogP contribution is -1.94. The molecule has 0 bridgehead atoms. The standard InChI is InChI=1S/C16H15N3O2S2/c1-9-10(2)22-15-14(9)16(18-8-17-15)23-11(3)12-5-4-6-13(7-12)19(20)21/h4-8,11H,1-3H3/t11-/m0/s1. The second-order valence-corrected chi connectivity index (χ2v) is 7.79. The molecule has 7 heteroatoms. The molecule has 0 radical (unpaired) electrons. The Morgan fingerprint density at radius 3 is 2.83 bits per heavy atom. The van der Waals surface area contributed by atoms with Crippen LogP contribution in [0.3, 0.4) is 0 Å². The SMILES string of the molecule is Cc1sc2ncnc(S[C@@H](C)c3cccc([N+](=O)[O-])c3)c2c1C. The maximum absolute atomic E-state index is 10.9. The Hall–Kier alpha value is -1.99. The molecule has 0 aliphatic rings. The molecule has 3 aromatic rings. The van der Waals surface area contributed by atoms with Crippen LogP contribution in [0.2, 0.25) is 0 Å². The minimum atomic E-state index is -0.365. The number of non-ortho nitro benzene ring substituents is 1. The van der Waals surface area contributed by atoms with Crippen LogP contribution < -0.4 is 0 Å². The predicted octanol–water partition coefficient (Wildman–Crippen LogP) is 5.07. The van der Waals surface area contributed by atoms with Crippen molar-refractivity contribution in [3.8, 4) is 0 Å². The summed E-state index contributed by atoms with van der Waals surface area (Å²) in [6, 6.07) is 6.77. The first kappa shape index (κ1) is 15.9. The number of rotatable bonds is 4. The molecule has 23 heavy (non-hydrogen) atoms. The fourth-order valence-corrected chi connectivity index (χ4v) is 4.52. The lowest BCUT2D eigenvalue weighted by atomic mass is 10.1. The number of thioether (sulfide) groups is 1. The van der Waals surface area contributed by atoms with Gasteiger partial charge in [-0.25, -0.2) is 9.97 Å². The van der Waals surface area contributed by atoms with Gasteiger partial charge in [-0.05, 0) is 31.9 Å². The molecule has 0 aliphatic carbocycles. The number of hydrogen-bond acceptors (Lipinski definition) is 6. The van der Waals surface area contributed by atoms with Crippen LogP contribution >= 0.6 is 23.1 Å². The average molecular weight is 345 g/mol. The van der Waals surface area contributed by atoms with Gasteiger partial charge >= 0.3 is 0 Å². The van der Waals surface area contributed by atoms with E-state index in [-0.39, 0.29) is 15.9 Å². The third kappa shape index (κ3) is 3.07. The summed E-state index contributed by atoms with van der Waals surface area (Å²) in [5.74, 6) is 0. The second-order valence-electron chi connectivity index (χ2n) is 5.25. The van der Waals surface area contributed by atoms with Crippen molar-refractivity contribution in [3.05, 3.63) is 56.7 Å². The quantitative estimate of drug-likeness (QED) is 0.286. The van der Waals surface area contributed by atoms with Gasteiger partial charge in [0.2, 0.25) is 0 Å². The number of nitro groups is 1. The van der Waals surface area contributed by atoms with E-state index in [1.54, 1.807) is 41.6 Å². The number of thiophene rings is 1. The summed E-state index contributed by atoms with van der Waals surface area (Å²) in [6.45, 7) is 6.20. The molecule has 3 rings (SSSR count). The number of aromatic nitrogens is 2. The van der Waals surface area contributed by atoms with Crippen LogP contribution in [-0.2, 0) is 0 Å². The van der Waals surface area contributed by atoms with E-state index in [2.05, 4.69) is 23.8 Å². The molecule has 0 unspecified atom stereocenters. The zero-order chi connectivity index (χ0) is 16.6. The zero-order valence-corrected chi connectivity index (χ0v) is 14.6. The van der Waals surface area contributed by atoms with Crippen LogP contribution in [0.25, 0.3) is 10.2 Å². The predicted molar refractivity (Wildman–Crippen MR) is 94.3 cm³/mol. The summed E-state index contributed by atoms with van der Waals surface area (Å²) >= 11 is 3.28. The van der Waals surface area contributed by atoms with Gasteiger partial charge in [0.25, 0.3) is 5.69 Å². The molecule has 5 nitrogen and oxygen atoms in total. The molecule has 0 saturated heterocycles. The van der Waals surface area contributed by atoms with Crippen LogP contribution in [0, 0.1) is 24.0 Å². The van der Waals surface area contributed by atoms with Gasteiger partial charge in [0, 0.05) is 27.6 Å². The van der Waals surface area contributed by atoms with Gasteiger partial charge in [0.15, 0.2) is 0 Å². The van der Waals surface area contributed by atoms with Crippen molar-refractivity contribution in [1.29, 1.82) is 0 Å². The van der Waals surface area contributed by atoms with Crippen molar-refractivity contribution in [3.63, 3.8) is 0 Å². The van der Waals surface area contributed by atoms with Crippen LogP contribution in [0.15, 0.2) is 35.6 Å². The van der Waals surface area contributed by atoms with E-state index in [4.69, 9.17) is 0 Å². The first-order chi connectivity index (χ1) is 11.0. The minimum Gasteiger partial charge on any atom is -0.258 e. The monoisotopic (exact) mass is 345 g/mol. The van der Waals surface area contributed by atoms with Gasteiger partial charge in [-0.2, -0.15) is 0 Å². The largest absolute Gasteiger partial charge is 0.269 e. The highest BCUT2D eigenvalue weighted by molar-refractivity contribution is 7.99. The Labute approximate surface area is 141 Å². The number of nitro benzene ring substituents is 1. The van der Waals surface area contributed by atoms with Crippen molar-refractivity contribution in [2.75, 3.05) is 0 Å². The van der Waals surface area contributed by atoms with E-state index in [9.17, 15) is 10.1 Å². The molecule has 1 atom stereocenters. The highest BCUT2D eigenvalue weighted by Crippen LogP contribution is 2.40. The summed E-state index contributed by atoms with van der Waals surface area (Å²) < 4.78 is 0. The minimum absolute atomic E-state index is 0.0626. The summed E-state index contributed by atoms with van der Waals surface area (Å²) in [6.07, 6.45) is 1.58. The number of nitrogens with zero attached hydrogens (tertiary/aromatic N) is 3. The molecule has 118 valence electrons. The molecular weight excluding hydrogens is 330 g/mol. The van der Waals surface area contributed by atoms with Crippen molar-refractivity contribution < 1.29 is 4.92 Å². The first-order valence-corrected chi connectivity index (χ1v) is 8.78. The molecule has 1 aromatic carbocycles. The molecule has 2 aromatic heterocycles. The fourth-order valence-electron chi connectivity index (χ4n) is 2.37. The van der Waals surface area contributed by atoms with Gasteiger partial charge in [-0.3, -0.25) is 10.1 Å². The first-order valence-electron chi connectivity index (χ1n) is 7.09. The summed E-state index contributed by atoms with van der Waals surface area (Å²) in [5, 5.41) is 13.0. The van der Waals surface area contributed by atoms with Crippen LogP contribution in [-0.4, -0.2) is 14.9 Å². The van der Waals surface area contributed by atoms with Crippen LogP contribution in [0.5, 0.6) is 0 Å². The van der Waals surface area contributed by atoms with Gasteiger partial charge in [-0.15, -0.1) is 11.3 Å². The molecule has 0 N–H and O–H groups in total. The van der Waals surface area contributed by atoms with Crippen LogP contribution in [0.4, 0.5) is 5.69 Å². The van der Waals surface area contributed by atoms with Crippen molar-refractivity contribution >= 4 is 39.0 Å².